The van der Waals surface area contributed by atoms with Gasteiger partial charge in [0.05, 0.1) is 0 Å². The predicted octanol–water partition coefficient (Wildman–Crippen LogP) is 1.64. The van der Waals surface area contributed by atoms with Crippen molar-refractivity contribution in [3.05, 3.63) is 0 Å². The third-order valence-electron chi connectivity index (χ3n) is 0.762. The molecule has 0 saturated carbocycles. The zero-order valence-electron chi connectivity index (χ0n) is 4.56. The topological polar surface area (TPSA) is 17.1 Å². The Morgan fingerprint density at radius 2 is 1.67 bits per heavy atom. The first kappa shape index (κ1) is 6.36. The molecule has 0 spiro atoms. The monoisotopic (exact) mass is 150 g/mol. The predicted molar refractivity (Wildman–Crippen MR) is 28.6 cm³/mol. The van der Waals surface area contributed by atoms with Gasteiger partial charge in [0, 0.05) is 0 Å². The van der Waals surface area contributed by atoms with Gasteiger partial charge in [0.2, 0.25) is 0 Å². The van der Waals surface area contributed by atoms with Gasteiger partial charge in [0.15, 0.2) is 0 Å². The molecule has 6 heavy (non-hydrogen) atoms. The number of rotatable bonds is 1. The molecule has 0 aliphatic heterocycles. The summed E-state index contributed by atoms with van der Waals surface area (Å²) in [7, 11) is 0. The van der Waals surface area contributed by atoms with E-state index in [4.69, 9.17) is 0 Å². The first-order valence-electron chi connectivity index (χ1n) is 2.10. The molecule has 2 heteroatoms. The van der Waals surface area contributed by atoms with Crippen molar-refractivity contribution < 1.29 is 3.74 Å². The molecule has 0 heterocycles. The van der Waals surface area contributed by atoms with Crippen LogP contribution in [-0.4, -0.2) is 13.5 Å². The van der Waals surface area contributed by atoms with Crippen LogP contribution in [0, 0.1) is 0 Å². The summed E-state index contributed by atoms with van der Waals surface area (Å²) in [6, 6.07) is 0. The van der Waals surface area contributed by atoms with Crippen LogP contribution in [0.25, 0.3) is 0 Å². The Labute approximate surface area is 41.4 Å². The molecule has 0 N–H and O–H groups in total. The van der Waals surface area contributed by atoms with Crippen LogP contribution in [0.4, 0.5) is 0 Å². The van der Waals surface area contributed by atoms with Crippen molar-refractivity contribution in [2.45, 2.75) is 23.6 Å². The van der Waals surface area contributed by atoms with Crippen LogP contribution >= 0.6 is 0 Å². The summed E-state index contributed by atoms with van der Waals surface area (Å²) < 4.78 is 10.6. The average Bonchev–Trinajstić information content (AvgIpc) is 1.35. The Morgan fingerprint density at radius 3 is 1.67 bits per heavy atom. The SMILES string of the molecule is CC[As](C)(C)=O. The van der Waals surface area contributed by atoms with Gasteiger partial charge in [-0.05, 0) is 0 Å². The van der Waals surface area contributed by atoms with Crippen LogP contribution in [0.3, 0.4) is 0 Å². The third kappa shape index (κ3) is 4.36. The van der Waals surface area contributed by atoms with Crippen LogP contribution in [-0.2, 0) is 3.74 Å². The summed E-state index contributed by atoms with van der Waals surface area (Å²) in [6.45, 7) is 1.97. The van der Waals surface area contributed by atoms with E-state index in [9.17, 15) is 3.74 Å². The van der Waals surface area contributed by atoms with Gasteiger partial charge >= 0.3 is 40.8 Å². The second kappa shape index (κ2) is 1.88. The van der Waals surface area contributed by atoms with Gasteiger partial charge in [0.1, 0.15) is 0 Å². The first-order valence-corrected chi connectivity index (χ1v) is 7.95. The van der Waals surface area contributed by atoms with Crippen LogP contribution in [0.2, 0.25) is 16.6 Å². The van der Waals surface area contributed by atoms with Crippen LogP contribution < -0.4 is 0 Å². The summed E-state index contributed by atoms with van der Waals surface area (Å²) in [4.78, 5) is 0. The minimum absolute atomic E-state index is 0.887. The van der Waals surface area contributed by atoms with Gasteiger partial charge in [0.25, 0.3) is 0 Å². The molecule has 0 amide bonds. The Hall–Kier alpha value is 0.358. The molecule has 0 bridgehead atoms. The molecular weight excluding hydrogens is 139 g/mol. The van der Waals surface area contributed by atoms with Crippen molar-refractivity contribution in [1.29, 1.82) is 0 Å². The summed E-state index contributed by atoms with van der Waals surface area (Å²) in [6.07, 6.45) is 0. The molecule has 0 aliphatic carbocycles. The zero-order valence-corrected chi connectivity index (χ0v) is 6.44. The molecule has 0 fully saturated rings. The molecule has 0 aromatic heterocycles. The van der Waals surface area contributed by atoms with Gasteiger partial charge in [-0.3, -0.25) is 0 Å². The normalized spacial score (nSPS) is 11.8. The van der Waals surface area contributed by atoms with Crippen LogP contribution in [0.15, 0.2) is 0 Å². The fraction of sp³-hybridized carbons (Fsp3) is 1.00. The van der Waals surface area contributed by atoms with E-state index in [-0.39, 0.29) is 0 Å². The zero-order chi connectivity index (χ0) is 5.21. The summed E-state index contributed by atoms with van der Waals surface area (Å²) in [5.41, 5.74) is 3.72. The molecule has 0 aromatic carbocycles. The summed E-state index contributed by atoms with van der Waals surface area (Å²) in [5, 5.41) is 0.887. The summed E-state index contributed by atoms with van der Waals surface area (Å²) >= 11 is -2.16. The van der Waals surface area contributed by atoms with Crippen molar-refractivity contribution in [3.63, 3.8) is 0 Å². The Bertz CT molecular complexity index is 71.6. The van der Waals surface area contributed by atoms with Crippen molar-refractivity contribution in [1.82, 2.24) is 0 Å². The van der Waals surface area contributed by atoms with E-state index in [0.717, 1.165) is 5.21 Å². The molecule has 0 unspecified atom stereocenters. The molecule has 0 saturated heterocycles. The molecule has 0 aromatic rings. The molecule has 0 radical (unpaired) electrons. The van der Waals surface area contributed by atoms with Crippen LogP contribution in [0.5, 0.6) is 0 Å². The van der Waals surface area contributed by atoms with Crippen molar-refractivity contribution in [3.8, 4) is 0 Å². The maximum absolute atomic E-state index is 10.6. The quantitative estimate of drug-likeness (QED) is 0.519. The van der Waals surface area contributed by atoms with E-state index < -0.39 is 13.5 Å². The Balaban J connectivity index is 3.48. The molecule has 0 atom stereocenters. The van der Waals surface area contributed by atoms with Crippen LogP contribution in [0.1, 0.15) is 6.92 Å². The molecule has 38 valence electrons. The van der Waals surface area contributed by atoms with Gasteiger partial charge in [-0.2, -0.15) is 0 Å². The van der Waals surface area contributed by atoms with E-state index in [1.165, 1.54) is 0 Å². The minimum atomic E-state index is -2.16. The average molecular weight is 150 g/mol. The second-order valence-corrected chi connectivity index (χ2v) is 9.82. The summed E-state index contributed by atoms with van der Waals surface area (Å²) in [5.74, 6) is 0. The molecule has 0 aliphatic rings. The van der Waals surface area contributed by atoms with Gasteiger partial charge < -0.3 is 0 Å². The van der Waals surface area contributed by atoms with E-state index in [0.29, 0.717) is 0 Å². The first-order chi connectivity index (χ1) is 2.56. The van der Waals surface area contributed by atoms with E-state index in [1.807, 2.05) is 18.3 Å². The fourth-order valence-corrected chi connectivity index (χ4v) is 0. The van der Waals surface area contributed by atoms with Gasteiger partial charge in [-0.15, -0.1) is 0 Å². The molecule has 1 nitrogen and oxygen atoms in total. The van der Waals surface area contributed by atoms with E-state index in [1.54, 1.807) is 0 Å². The standard InChI is InChI=1S/C4H11AsO/c1-4-5(2,3)6/h4H2,1-3H3. The fourth-order valence-electron chi connectivity index (χ4n) is 0. The van der Waals surface area contributed by atoms with Crippen molar-refractivity contribution >= 4 is 13.5 Å². The van der Waals surface area contributed by atoms with Crippen molar-refractivity contribution in [2.75, 3.05) is 0 Å². The molecular formula is C4H11AsO. The van der Waals surface area contributed by atoms with Gasteiger partial charge in [-0.1, -0.05) is 0 Å². The number of hydrogen-bond donors (Lipinski definition) is 0. The molecule has 0 rings (SSSR count). The Kier molecular flexibility index (Phi) is 1.99. The second-order valence-electron chi connectivity index (χ2n) is 1.89. The van der Waals surface area contributed by atoms with Gasteiger partial charge in [-0.25, -0.2) is 0 Å². The number of hydrogen-bond acceptors (Lipinski definition) is 1. The maximum atomic E-state index is 10.6. The van der Waals surface area contributed by atoms with Crippen molar-refractivity contribution in [2.24, 2.45) is 0 Å². The Morgan fingerprint density at radius 1 is 1.50 bits per heavy atom. The van der Waals surface area contributed by atoms with E-state index >= 15 is 0 Å². The van der Waals surface area contributed by atoms with E-state index in [2.05, 4.69) is 0 Å². The third-order valence-corrected chi connectivity index (χ3v) is 3.96.